The number of aliphatic hydroxyl groups excluding tert-OH is 1. The van der Waals surface area contributed by atoms with E-state index in [4.69, 9.17) is 0 Å². The largest absolute Gasteiger partial charge is 0.391 e. The average molecular weight is 203 g/mol. The van der Waals surface area contributed by atoms with Gasteiger partial charge in [-0.15, -0.1) is 0 Å². The van der Waals surface area contributed by atoms with E-state index in [0.717, 1.165) is 19.3 Å². The number of hydrogen-bond acceptors (Lipinski definition) is 2. The Morgan fingerprint density at radius 3 is 2.73 bits per heavy atom. The van der Waals surface area contributed by atoms with Gasteiger partial charge in [0.15, 0.2) is 0 Å². The SMILES string of the molecule is O[C@H]1CC[C@@H]2CC[C@@]1(c1ccccc1)N2. The molecule has 2 saturated heterocycles. The maximum atomic E-state index is 10.2. The molecule has 2 bridgehead atoms. The Morgan fingerprint density at radius 1 is 1.13 bits per heavy atom. The lowest BCUT2D eigenvalue weighted by atomic mass is 9.81. The lowest BCUT2D eigenvalue weighted by Gasteiger charge is -2.39. The predicted octanol–water partition coefficient (Wildman–Crippen LogP) is 1.79. The van der Waals surface area contributed by atoms with Crippen LogP contribution in [0.5, 0.6) is 0 Å². The third kappa shape index (κ3) is 1.32. The van der Waals surface area contributed by atoms with Crippen molar-refractivity contribution in [2.24, 2.45) is 0 Å². The Morgan fingerprint density at radius 2 is 1.93 bits per heavy atom. The van der Waals surface area contributed by atoms with Gasteiger partial charge in [-0.05, 0) is 31.2 Å². The first-order chi connectivity index (χ1) is 7.31. The minimum atomic E-state index is -0.223. The molecule has 0 unspecified atom stereocenters. The van der Waals surface area contributed by atoms with Gasteiger partial charge in [0.05, 0.1) is 11.6 Å². The summed E-state index contributed by atoms with van der Waals surface area (Å²) in [7, 11) is 0. The van der Waals surface area contributed by atoms with Crippen molar-refractivity contribution in [1.82, 2.24) is 5.32 Å². The van der Waals surface area contributed by atoms with Gasteiger partial charge in [-0.25, -0.2) is 0 Å². The lowest BCUT2D eigenvalue weighted by molar-refractivity contribution is 0.0379. The van der Waals surface area contributed by atoms with Crippen LogP contribution in [0, 0.1) is 0 Å². The Hall–Kier alpha value is -0.860. The summed E-state index contributed by atoms with van der Waals surface area (Å²) in [4.78, 5) is 0. The van der Waals surface area contributed by atoms with E-state index >= 15 is 0 Å². The second-order valence-electron chi connectivity index (χ2n) is 4.81. The van der Waals surface area contributed by atoms with Crippen molar-refractivity contribution in [2.45, 2.75) is 43.4 Å². The Balaban J connectivity index is 2.02. The first-order valence-corrected chi connectivity index (χ1v) is 5.82. The van der Waals surface area contributed by atoms with Gasteiger partial charge < -0.3 is 10.4 Å². The van der Waals surface area contributed by atoms with Crippen molar-refractivity contribution in [1.29, 1.82) is 0 Å². The Kier molecular flexibility index (Phi) is 2.08. The van der Waals surface area contributed by atoms with Crippen LogP contribution < -0.4 is 5.32 Å². The molecule has 2 aliphatic heterocycles. The van der Waals surface area contributed by atoms with E-state index in [1.165, 1.54) is 12.0 Å². The van der Waals surface area contributed by atoms with E-state index in [1.807, 2.05) is 6.07 Å². The first-order valence-electron chi connectivity index (χ1n) is 5.82. The minimum absolute atomic E-state index is 0.149. The summed E-state index contributed by atoms with van der Waals surface area (Å²) in [5.41, 5.74) is 1.10. The summed E-state index contributed by atoms with van der Waals surface area (Å²) >= 11 is 0. The number of aliphatic hydroxyl groups is 1. The minimum Gasteiger partial charge on any atom is -0.391 e. The summed E-state index contributed by atoms with van der Waals surface area (Å²) in [5.74, 6) is 0. The van der Waals surface area contributed by atoms with Gasteiger partial charge in [0.25, 0.3) is 0 Å². The fourth-order valence-corrected chi connectivity index (χ4v) is 3.15. The third-order valence-electron chi connectivity index (χ3n) is 4.00. The topological polar surface area (TPSA) is 32.3 Å². The fraction of sp³-hybridized carbons (Fsp3) is 0.538. The molecule has 2 aliphatic rings. The van der Waals surface area contributed by atoms with Crippen LogP contribution in [-0.2, 0) is 5.54 Å². The van der Waals surface area contributed by atoms with E-state index in [1.54, 1.807) is 0 Å². The summed E-state index contributed by atoms with van der Waals surface area (Å²) < 4.78 is 0. The molecule has 2 N–H and O–H groups in total. The highest BCUT2D eigenvalue weighted by Gasteiger charge is 2.48. The molecule has 1 aromatic carbocycles. The van der Waals surface area contributed by atoms with Crippen molar-refractivity contribution < 1.29 is 5.11 Å². The number of rotatable bonds is 1. The van der Waals surface area contributed by atoms with Crippen LogP contribution in [0.25, 0.3) is 0 Å². The van der Waals surface area contributed by atoms with Gasteiger partial charge in [-0.2, -0.15) is 0 Å². The highest BCUT2D eigenvalue weighted by Crippen LogP contribution is 2.42. The zero-order valence-corrected chi connectivity index (χ0v) is 8.82. The summed E-state index contributed by atoms with van der Waals surface area (Å²) in [6.45, 7) is 0. The van der Waals surface area contributed by atoms with E-state index in [2.05, 4.69) is 29.6 Å². The van der Waals surface area contributed by atoms with Crippen molar-refractivity contribution in [3.63, 3.8) is 0 Å². The maximum absolute atomic E-state index is 10.2. The normalized spacial score (nSPS) is 39.3. The van der Waals surface area contributed by atoms with Gasteiger partial charge >= 0.3 is 0 Å². The molecule has 2 fully saturated rings. The number of hydrogen-bond donors (Lipinski definition) is 2. The highest BCUT2D eigenvalue weighted by atomic mass is 16.3. The molecule has 3 atom stereocenters. The molecule has 80 valence electrons. The molecule has 0 aromatic heterocycles. The molecule has 2 heteroatoms. The summed E-state index contributed by atoms with van der Waals surface area (Å²) in [5, 5.41) is 13.9. The van der Waals surface area contributed by atoms with Crippen LogP contribution in [0.15, 0.2) is 30.3 Å². The summed E-state index contributed by atoms with van der Waals surface area (Å²) in [6.07, 6.45) is 4.11. The van der Waals surface area contributed by atoms with Gasteiger partial charge in [-0.3, -0.25) is 0 Å². The highest BCUT2D eigenvalue weighted by molar-refractivity contribution is 5.29. The predicted molar refractivity (Wildman–Crippen MR) is 59.5 cm³/mol. The number of piperidine rings is 1. The van der Waals surface area contributed by atoms with Gasteiger partial charge in [0.1, 0.15) is 0 Å². The molecule has 0 saturated carbocycles. The molecule has 1 aromatic rings. The smallest absolute Gasteiger partial charge is 0.0764 e. The van der Waals surface area contributed by atoms with Gasteiger partial charge in [0.2, 0.25) is 0 Å². The summed E-state index contributed by atoms with van der Waals surface area (Å²) in [6, 6.07) is 11.0. The molecular formula is C13H17NO. The zero-order chi connectivity index (χ0) is 10.3. The monoisotopic (exact) mass is 203 g/mol. The van der Waals surface area contributed by atoms with Crippen molar-refractivity contribution in [3.05, 3.63) is 35.9 Å². The van der Waals surface area contributed by atoms with Crippen LogP contribution in [0.3, 0.4) is 0 Å². The Labute approximate surface area is 90.3 Å². The Bertz CT molecular complexity index is 351. The van der Waals surface area contributed by atoms with Crippen LogP contribution in [0.1, 0.15) is 31.2 Å². The quantitative estimate of drug-likeness (QED) is 0.729. The average Bonchev–Trinajstić information content (AvgIpc) is 2.66. The molecule has 0 spiro atoms. The third-order valence-corrected chi connectivity index (χ3v) is 4.00. The van der Waals surface area contributed by atoms with Crippen molar-refractivity contribution in [3.8, 4) is 0 Å². The molecule has 2 heterocycles. The molecule has 0 radical (unpaired) electrons. The second kappa shape index (κ2) is 3.32. The van der Waals surface area contributed by atoms with Gasteiger partial charge in [-0.1, -0.05) is 30.3 Å². The second-order valence-corrected chi connectivity index (χ2v) is 4.81. The van der Waals surface area contributed by atoms with Crippen LogP contribution in [0.2, 0.25) is 0 Å². The zero-order valence-electron chi connectivity index (χ0n) is 8.82. The standard InChI is InChI=1S/C13H17NO/c15-12-7-6-11-8-9-13(12,14-11)10-4-2-1-3-5-10/h1-5,11-12,14-15H,6-9H2/t11-,12+,13+/m1/s1. The van der Waals surface area contributed by atoms with Crippen LogP contribution in [-0.4, -0.2) is 17.3 Å². The number of nitrogens with one attached hydrogen (secondary N) is 1. The van der Waals surface area contributed by atoms with Gasteiger partial charge in [0, 0.05) is 6.04 Å². The number of fused-ring (bicyclic) bond motifs is 2. The molecule has 15 heavy (non-hydrogen) atoms. The molecule has 0 amide bonds. The molecular weight excluding hydrogens is 186 g/mol. The van der Waals surface area contributed by atoms with E-state index in [0.29, 0.717) is 6.04 Å². The van der Waals surface area contributed by atoms with Crippen molar-refractivity contribution >= 4 is 0 Å². The molecule has 2 nitrogen and oxygen atoms in total. The first kappa shape index (κ1) is 9.37. The molecule has 3 rings (SSSR count). The van der Waals surface area contributed by atoms with E-state index < -0.39 is 0 Å². The maximum Gasteiger partial charge on any atom is 0.0764 e. The fourth-order valence-electron chi connectivity index (χ4n) is 3.15. The van der Waals surface area contributed by atoms with Crippen molar-refractivity contribution in [2.75, 3.05) is 0 Å². The van der Waals surface area contributed by atoms with Crippen LogP contribution in [0.4, 0.5) is 0 Å². The molecule has 0 aliphatic carbocycles. The number of benzene rings is 1. The van der Waals surface area contributed by atoms with Crippen LogP contribution >= 0.6 is 0 Å². The van der Waals surface area contributed by atoms with E-state index in [9.17, 15) is 5.11 Å². The van der Waals surface area contributed by atoms with E-state index in [-0.39, 0.29) is 11.6 Å². The lowest BCUT2D eigenvalue weighted by Crippen LogP contribution is -2.53.